The predicted octanol–water partition coefficient (Wildman–Crippen LogP) is 1.03. The number of hydrogen-bond acceptors (Lipinski definition) is 6. The Morgan fingerprint density at radius 1 is 1.20 bits per heavy atom. The Kier molecular flexibility index (Phi) is 10.5. The summed E-state index contributed by atoms with van der Waals surface area (Å²) < 4.78 is 37.0. The first-order chi connectivity index (χ1) is 9.07. The highest BCUT2D eigenvalue weighted by Crippen LogP contribution is 2.06. The van der Waals surface area contributed by atoms with Crippen molar-refractivity contribution >= 4 is 16.4 Å². The molecular weight excluding hydrogens is 286 g/mol. The smallest absolute Gasteiger partial charge is 0.337 e. The lowest BCUT2D eigenvalue weighted by molar-refractivity contribution is -0.938. The van der Waals surface area contributed by atoms with E-state index in [-0.39, 0.29) is 5.97 Å². The van der Waals surface area contributed by atoms with Gasteiger partial charge in [0.25, 0.3) is 0 Å². The topological polar surface area (TPSA) is 92.7 Å². The van der Waals surface area contributed by atoms with Crippen LogP contribution in [0.25, 0.3) is 0 Å². The van der Waals surface area contributed by atoms with Crippen molar-refractivity contribution in [1.82, 2.24) is 0 Å². The maximum atomic E-state index is 11.2. The highest BCUT2D eigenvalue weighted by atomic mass is 32.3. The third-order valence-corrected chi connectivity index (χ3v) is 3.44. The van der Waals surface area contributed by atoms with Crippen LogP contribution >= 0.6 is 0 Å². The fraction of sp³-hybridized carbons (Fsp3) is 0.750. The van der Waals surface area contributed by atoms with E-state index in [4.69, 9.17) is 4.74 Å². The molecule has 0 atom stereocenters. The summed E-state index contributed by atoms with van der Waals surface area (Å²) in [5.74, 6) is -0.289. The molecule has 20 heavy (non-hydrogen) atoms. The van der Waals surface area contributed by atoms with Gasteiger partial charge in [0.15, 0.2) is 0 Å². The van der Waals surface area contributed by atoms with Gasteiger partial charge < -0.3 is 9.29 Å². The highest BCUT2D eigenvalue weighted by molar-refractivity contribution is 7.80. The number of quaternary nitrogens is 1. The molecule has 0 aliphatic rings. The second-order valence-electron chi connectivity index (χ2n) is 4.21. The number of rotatable bonds is 7. The molecule has 0 aliphatic carbocycles. The van der Waals surface area contributed by atoms with E-state index in [9.17, 15) is 17.8 Å². The zero-order chi connectivity index (χ0) is 16.4. The van der Waals surface area contributed by atoms with E-state index < -0.39 is 10.4 Å². The molecule has 0 bridgehead atoms. The largest absolute Gasteiger partial charge is 0.726 e. The van der Waals surface area contributed by atoms with Crippen molar-refractivity contribution in [3.8, 4) is 0 Å². The van der Waals surface area contributed by atoms with E-state index in [0.717, 1.165) is 31.2 Å². The van der Waals surface area contributed by atoms with E-state index in [1.54, 1.807) is 6.92 Å². The zero-order valence-electron chi connectivity index (χ0n) is 12.8. The monoisotopic (exact) mass is 311 g/mol. The third kappa shape index (κ3) is 9.90. The minimum Gasteiger partial charge on any atom is -0.726 e. The summed E-state index contributed by atoms with van der Waals surface area (Å²) >= 11 is 0. The molecule has 0 radical (unpaired) electrons. The number of esters is 1. The maximum absolute atomic E-state index is 11.2. The van der Waals surface area contributed by atoms with Crippen molar-refractivity contribution in [2.75, 3.05) is 33.5 Å². The van der Waals surface area contributed by atoms with Crippen LogP contribution in [0, 0.1) is 0 Å². The van der Waals surface area contributed by atoms with Crippen LogP contribution in [0.3, 0.4) is 0 Å². The molecule has 0 fully saturated rings. The summed E-state index contributed by atoms with van der Waals surface area (Å²) in [5, 5.41) is 0. The van der Waals surface area contributed by atoms with E-state index in [1.165, 1.54) is 0 Å². The lowest BCUT2D eigenvalue weighted by Crippen LogP contribution is -2.49. The Morgan fingerprint density at radius 3 is 1.75 bits per heavy atom. The van der Waals surface area contributed by atoms with Crippen LogP contribution in [0.5, 0.6) is 0 Å². The van der Waals surface area contributed by atoms with E-state index in [0.29, 0.717) is 12.3 Å². The van der Waals surface area contributed by atoms with Gasteiger partial charge in [-0.2, -0.15) is 0 Å². The van der Waals surface area contributed by atoms with Crippen molar-refractivity contribution in [3.05, 3.63) is 12.2 Å². The van der Waals surface area contributed by atoms with Gasteiger partial charge >= 0.3 is 5.97 Å². The number of carbonyl (C=O) groups is 1. The van der Waals surface area contributed by atoms with Gasteiger partial charge in [-0.1, -0.05) is 6.58 Å². The van der Waals surface area contributed by atoms with Gasteiger partial charge in [0.2, 0.25) is 17.1 Å². The maximum Gasteiger partial charge on any atom is 0.337 e. The Morgan fingerprint density at radius 2 is 1.55 bits per heavy atom. The van der Waals surface area contributed by atoms with Gasteiger partial charge in [-0.15, -0.1) is 0 Å². The summed E-state index contributed by atoms with van der Waals surface area (Å²) in [4.78, 5) is 11.2. The van der Waals surface area contributed by atoms with Crippen molar-refractivity contribution in [2.24, 2.45) is 0 Å². The SMILES string of the molecule is C=C(C)C(=O)OC[N+](CC)(CC)CC.COS(=O)(=O)[O-]. The van der Waals surface area contributed by atoms with E-state index in [2.05, 4.69) is 31.5 Å². The number of nitrogens with zero attached hydrogens (tertiary/aromatic N) is 1. The molecule has 0 heterocycles. The van der Waals surface area contributed by atoms with Gasteiger partial charge in [0, 0.05) is 5.57 Å². The van der Waals surface area contributed by atoms with Gasteiger partial charge in [-0.25, -0.2) is 13.2 Å². The van der Waals surface area contributed by atoms with E-state index >= 15 is 0 Å². The van der Waals surface area contributed by atoms with Crippen molar-refractivity contribution in [1.29, 1.82) is 0 Å². The molecule has 0 unspecified atom stereocenters. The summed E-state index contributed by atoms with van der Waals surface area (Å²) in [6.07, 6.45) is 0. The number of ether oxygens (including phenoxy) is 1. The average molecular weight is 311 g/mol. The molecule has 0 spiro atoms. The van der Waals surface area contributed by atoms with Crippen molar-refractivity contribution in [2.45, 2.75) is 27.7 Å². The fourth-order valence-corrected chi connectivity index (χ4v) is 1.26. The molecule has 0 saturated heterocycles. The quantitative estimate of drug-likeness (QED) is 0.174. The highest BCUT2D eigenvalue weighted by Gasteiger charge is 2.22. The standard InChI is InChI=1S/C11H22NO2.CH4O4S/c1-6-12(7-2,8-3)9-14-11(13)10(4)5;1-5-6(2,3)4/h4,6-9H2,1-3,5H3;1H3,(H,2,3,4)/q+1;/p-1. The summed E-state index contributed by atoms with van der Waals surface area (Å²) in [6, 6.07) is 0. The summed E-state index contributed by atoms with van der Waals surface area (Å²) in [7, 11) is -3.60. The molecular formula is C12H25NO6S. The number of hydrogen-bond donors (Lipinski definition) is 0. The Balaban J connectivity index is 0. The fourth-order valence-electron chi connectivity index (χ4n) is 1.26. The van der Waals surface area contributed by atoms with Crippen LogP contribution in [-0.4, -0.2) is 56.9 Å². The molecule has 0 N–H and O–H groups in total. The van der Waals surface area contributed by atoms with Crippen molar-refractivity contribution < 1.29 is 31.2 Å². The molecule has 0 amide bonds. The molecule has 0 saturated carbocycles. The first kappa shape index (κ1) is 21.3. The van der Waals surface area contributed by atoms with Gasteiger partial charge in [0.1, 0.15) is 0 Å². The normalized spacial score (nSPS) is 11.3. The summed E-state index contributed by atoms with van der Waals surface area (Å²) in [6.45, 7) is 15.0. The van der Waals surface area contributed by atoms with Crippen LogP contribution in [-0.2, 0) is 24.1 Å². The lowest BCUT2D eigenvalue weighted by Gasteiger charge is -2.34. The third-order valence-electron chi connectivity index (χ3n) is 3.03. The Labute approximate surface area is 121 Å². The van der Waals surface area contributed by atoms with Crippen LogP contribution in [0.4, 0.5) is 0 Å². The molecule has 0 aliphatic heterocycles. The molecule has 8 heteroatoms. The molecule has 120 valence electrons. The van der Waals surface area contributed by atoms with Gasteiger partial charge in [0.05, 0.1) is 26.7 Å². The molecule has 7 nitrogen and oxygen atoms in total. The molecule has 0 aromatic carbocycles. The minimum atomic E-state index is -4.41. The molecule has 0 aromatic heterocycles. The zero-order valence-corrected chi connectivity index (χ0v) is 13.7. The van der Waals surface area contributed by atoms with Gasteiger partial charge in [-0.3, -0.25) is 8.67 Å². The second kappa shape index (κ2) is 9.87. The Hall–Kier alpha value is -0.960. The van der Waals surface area contributed by atoms with Crippen LogP contribution in [0.15, 0.2) is 12.2 Å². The Bertz CT molecular complexity index is 392. The number of carbonyl (C=O) groups excluding carboxylic acids is 1. The van der Waals surface area contributed by atoms with Crippen LogP contribution in [0.2, 0.25) is 0 Å². The summed E-state index contributed by atoms with van der Waals surface area (Å²) in [5.41, 5.74) is 0.464. The first-order valence-corrected chi connectivity index (χ1v) is 7.59. The van der Waals surface area contributed by atoms with Gasteiger partial charge in [-0.05, 0) is 27.7 Å². The predicted molar refractivity (Wildman–Crippen MR) is 74.4 cm³/mol. The lowest BCUT2D eigenvalue weighted by atomic mass is 10.3. The molecule has 0 aromatic rings. The van der Waals surface area contributed by atoms with Crippen LogP contribution < -0.4 is 0 Å². The first-order valence-electron chi connectivity index (χ1n) is 6.26. The average Bonchev–Trinajstić information content (AvgIpc) is 2.40. The van der Waals surface area contributed by atoms with Crippen LogP contribution in [0.1, 0.15) is 27.7 Å². The second-order valence-corrected chi connectivity index (χ2v) is 5.36. The van der Waals surface area contributed by atoms with E-state index in [1.807, 2.05) is 0 Å². The molecule has 0 rings (SSSR count). The van der Waals surface area contributed by atoms with Crippen molar-refractivity contribution in [3.63, 3.8) is 0 Å². The minimum absolute atomic E-state index is 0.289.